The van der Waals surface area contributed by atoms with Crippen LogP contribution < -0.4 is 27.1 Å². The first-order valence-corrected chi connectivity index (χ1v) is 15.1. The van der Waals surface area contributed by atoms with Crippen LogP contribution in [-0.2, 0) is 28.8 Å². The van der Waals surface area contributed by atoms with Gasteiger partial charge < -0.3 is 5.11 Å². The predicted molar refractivity (Wildman–Crippen MR) is 170 cm³/mol. The van der Waals surface area contributed by atoms with E-state index in [1.807, 2.05) is 71.1 Å². The van der Waals surface area contributed by atoms with E-state index in [2.05, 4.69) is 10.9 Å². The van der Waals surface area contributed by atoms with Gasteiger partial charge in [0.05, 0.1) is 11.4 Å². The normalized spacial score (nSPS) is 10.0. The summed E-state index contributed by atoms with van der Waals surface area (Å²) in [5.74, 6) is 2.28. The second kappa shape index (κ2) is 22.7. The molecule has 0 atom stereocenters. The molecule has 0 saturated heterocycles. The van der Waals surface area contributed by atoms with Crippen LogP contribution in [0, 0.1) is 0 Å². The molecule has 0 spiro atoms. The molecule has 5 amide bonds. The van der Waals surface area contributed by atoms with Crippen LogP contribution in [-0.4, -0.2) is 45.6 Å². The Balaban J connectivity index is 0.000000492. The van der Waals surface area contributed by atoms with Crippen LogP contribution in [0.5, 0.6) is 0 Å². The Morgan fingerprint density at radius 3 is 1.53 bits per heavy atom. The van der Waals surface area contributed by atoms with Gasteiger partial charge in [-0.25, -0.2) is 5.84 Å². The Morgan fingerprint density at radius 2 is 1.07 bits per heavy atom. The molecule has 0 aliphatic rings. The summed E-state index contributed by atoms with van der Waals surface area (Å²) in [5.41, 5.74) is 8.94. The molecule has 2 aromatic carbocycles. The third-order valence-electron chi connectivity index (χ3n) is 6.35. The Kier molecular flexibility index (Phi) is 19.3. The van der Waals surface area contributed by atoms with Crippen LogP contribution in [0.1, 0.15) is 90.9 Å². The highest BCUT2D eigenvalue weighted by Gasteiger charge is 2.18. The number of rotatable bonds is 17. The zero-order chi connectivity index (χ0) is 33.5. The Morgan fingerprint density at radius 1 is 0.622 bits per heavy atom. The van der Waals surface area contributed by atoms with Gasteiger partial charge in [-0.15, -0.1) is 0 Å². The lowest BCUT2D eigenvalue weighted by molar-refractivity contribution is -0.152. The van der Waals surface area contributed by atoms with Crippen molar-refractivity contribution in [2.24, 2.45) is 5.84 Å². The number of nitrogens with two attached hydrogens (primary N) is 1. The molecule has 0 saturated carbocycles. The summed E-state index contributed by atoms with van der Waals surface area (Å²) in [5, 5.41) is 11.1. The fraction of sp³-hybridized carbons (Fsp3) is 0.438. The van der Waals surface area contributed by atoms with Gasteiger partial charge in [0.25, 0.3) is 0 Å². The van der Waals surface area contributed by atoms with Gasteiger partial charge >= 0.3 is 5.97 Å². The number of hydrogen-bond acceptors (Lipinski definition) is 8. The van der Waals surface area contributed by atoms with Crippen molar-refractivity contribution in [3.63, 3.8) is 0 Å². The molecule has 6 N–H and O–H groups in total. The number of carboxylic acids is 1. The highest BCUT2D eigenvalue weighted by atomic mass is 16.4. The summed E-state index contributed by atoms with van der Waals surface area (Å²) in [6.07, 6.45) is 7.45. The van der Waals surface area contributed by atoms with E-state index in [0.29, 0.717) is 24.3 Å². The van der Waals surface area contributed by atoms with E-state index >= 15 is 0 Å². The topological polar surface area (TPSA) is 191 Å². The molecule has 0 heterocycles. The van der Waals surface area contributed by atoms with Crippen LogP contribution in [0.2, 0.25) is 0 Å². The molecular formula is C32H46N6O7. The number of nitrogens with one attached hydrogen (secondary N) is 3. The molecule has 246 valence electrons. The first-order valence-electron chi connectivity index (χ1n) is 15.1. The Hall–Kier alpha value is -4.78. The fourth-order valence-corrected chi connectivity index (χ4v) is 4.10. The van der Waals surface area contributed by atoms with Crippen molar-refractivity contribution in [3.05, 3.63) is 60.7 Å². The minimum absolute atomic E-state index is 0.00594. The smallest absolute Gasteiger partial charge is 0.303 e. The predicted octanol–water partition coefficient (Wildman–Crippen LogP) is 4.02. The van der Waals surface area contributed by atoms with Crippen LogP contribution in [0.25, 0.3) is 0 Å². The highest BCUT2D eigenvalue weighted by molar-refractivity contribution is 5.96. The molecular weight excluding hydrogens is 580 g/mol. The first kappa shape index (κ1) is 38.2. The van der Waals surface area contributed by atoms with Crippen LogP contribution in [0.3, 0.4) is 0 Å². The average Bonchev–Trinajstić information content (AvgIpc) is 3.02. The summed E-state index contributed by atoms with van der Waals surface area (Å²) < 4.78 is 0. The van der Waals surface area contributed by atoms with Crippen molar-refractivity contribution < 1.29 is 33.9 Å². The molecule has 13 heteroatoms. The quantitative estimate of drug-likeness (QED) is 0.0747. The van der Waals surface area contributed by atoms with Gasteiger partial charge in [0.1, 0.15) is 0 Å². The van der Waals surface area contributed by atoms with E-state index in [1.54, 1.807) is 0 Å². The maximum absolute atomic E-state index is 12.4. The number of hydrazine groups is 3. The van der Waals surface area contributed by atoms with Crippen LogP contribution in [0.15, 0.2) is 60.7 Å². The number of amides is 5. The average molecular weight is 627 g/mol. The monoisotopic (exact) mass is 626 g/mol. The fourth-order valence-electron chi connectivity index (χ4n) is 4.10. The van der Waals surface area contributed by atoms with Gasteiger partial charge in [-0.1, -0.05) is 62.1 Å². The molecule has 13 nitrogen and oxygen atoms in total. The number of anilines is 2. The van der Waals surface area contributed by atoms with Gasteiger partial charge in [-0.05, 0) is 49.9 Å². The second-order valence-corrected chi connectivity index (χ2v) is 10.2. The van der Waals surface area contributed by atoms with E-state index in [0.717, 1.165) is 49.9 Å². The zero-order valence-electron chi connectivity index (χ0n) is 26.1. The summed E-state index contributed by atoms with van der Waals surface area (Å²) in [6, 6.07) is 19.5. The molecule has 0 bridgehead atoms. The van der Waals surface area contributed by atoms with Crippen molar-refractivity contribution in [2.45, 2.75) is 90.9 Å². The number of carbonyl (C=O) groups excluding carboxylic acids is 5. The van der Waals surface area contributed by atoms with Gasteiger partial charge in [0.15, 0.2) is 0 Å². The third kappa shape index (κ3) is 17.8. The van der Waals surface area contributed by atoms with Crippen molar-refractivity contribution in [2.75, 3.05) is 5.01 Å². The highest BCUT2D eigenvalue weighted by Crippen LogP contribution is 2.22. The largest absolute Gasteiger partial charge is 0.481 e. The number of unbranched alkanes of at least 4 members (excludes halogenated alkanes) is 6. The molecule has 0 aliphatic heterocycles. The number of carbonyl (C=O) groups is 6. The number of nitrogens with zero attached hydrogens (tertiary/aromatic N) is 2. The number of hydrogen-bond donors (Lipinski definition) is 5. The number of para-hydroxylation sites is 2. The van der Waals surface area contributed by atoms with Gasteiger partial charge in [0.2, 0.25) is 29.5 Å². The first-order chi connectivity index (χ1) is 21.5. The number of aliphatic carboxylic acids is 1. The molecule has 0 fully saturated rings. The van der Waals surface area contributed by atoms with E-state index in [4.69, 9.17) is 10.9 Å². The standard InChI is InChI=1S/C22H28N2O3.C10H18N4O4/c25-21(17-11-3-1-2-4-12-18-22(26)27)23-24(19-13-7-5-8-14-19)20-15-9-6-10-16-20;1-7(15)13-14(8(2)16)10(18)6-4-3-5-9(17)12-11/h5-10,13-16H,1-4,11-12,17-18H2,(H,23,25)(H,26,27);3-6,11H2,1-2H3,(H,12,17)(H,13,15). The van der Waals surface area contributed by atoms with Crippen molar-refractivity contribution in [1.82, 2.24) is 21.3 Å². The minimum Gasteiger partial charge on any atom is -0.481 e. The Bertz CT molecular complexity index is 1170. The maximum Gasteiger partial charge on any atom is 0.303 e. The number of carboxylic acid groups (broad SMARTS) is 1. The van der Waals surface area contributed by atoms with Crippen molar-refractivity contribution >= 4 is 46.9 Å². The van der Waals surface area contributed by atoms with Gasteiger partial charge in [-0.2, -0.15) is 5.01 Å². The van der Waals surface area contributed by atoms with Gasteiger partial charge in [-0.3, -0.25) is 50.1 Å². The lowest BCUT2D eigenvalue weighted by Crippen LogP contribution is -2.48. The third-order valence-corrected chi connectivity index (χ3v) is 6.35. The lowest BCUT2D eigenvalue weighted by atomic mass is 10.1. The Labute approximate surface area is 264 Å². The van der Waals surface area contributed by atoms with E-state index in [9.17, 15) is 28.8 Å². The van der Waals surface area contributed by atoms with E-state index < -0.39 is 23.7 Å². The van der Waals surface area contributed by atoms with Crippen LogP contribution in [0.4, 0.5) is 11.4 Å². The SMILES string of the molecule is CC(=O)NN(C(C)=O)C(=O)CCCCC(=O)NN.O=C(O)CCCCCCCCC(=O)NN(c1ccccc1)c1ccccc1. The van der Waals surface area contributed by atoms with Gasteiger partial charge in [0, 0.05) is 39.5 Å². The minimum atomic E-state index is -0.729. The summed E-state index contributed by atoms with van der Waals surface area (Å²) in [7, 11) is 0. The van der Waals surface area contributed by atoms with E-state index in [-0.39, 0.29) is 31.1 Å². The van der Waals surface area contributed by atoms with E-state index in [1.165, 1.54) is 13.8 Å². The molecule has 2 rings (SSSR count). The number of imide groups is 1. The summed E-state index contributed by atoms with van der Waals surface area (Å²) in [6.45, 7) is 2.38. The number of benzene rings is 2. The van der Waals surface area contributed by atoms with Crippen molar-refractivity contribution in [1.29, 1.82) is 0 Å². The molecule has 0 aliphatic carbocycles. The van der Waals surface area contributed by atoms with Crippen LogP contribution >= 0.6 is 0 Å². The lowest BCUT2D eigenvalue weighted by Gasteiger charge is -2.25. The maximum atomic E-state index is 12.4. The molecule has 0 radical (unpaired) electrons. The molecule has 0 unspecified atom stereocenters. The summed E-state index contributed by atoms with van der Waals surface area (Å²) in [4.78, 5) is 67.2. The molecule has 45 heavy (non-hydrogen) atoms. The molecule has 2 aromatic rings. The summed E-state index contributed by atoms with van der Waals surface area (Å²) >= 11 is 0. The second-order valence-electron chi connectivity index (χ2n) is 10.2. The zero-order valence-corrected chi connectivity index (χ0v) is 26.1. The van der Waals surface area contributed by atoms with Crippen molar-refractivity contribution in [3.8, 4) is 0 Å². The molecule has 0 aromatic heterocycles.